The molecule has 0 aliphatic carbocycles. The highest BCUT2D eigenvalue weighted by atomic mass is 17.2. The molecule has 10 nitrogen and oxygen atoms in total. The Bertz CT molecular complexity index is 1530. The molecule has 0 saturated carbocycles. The summed E-state index contributed by atoms with van der Waals surface area (Å²) in [6.45, 7) is 4.01. The van der Waals surface area contributed by atoms with Crippen LogP contribution in [0.4, 0.5) is 0 Å². The molecule has 0 spiro atoms. The minimum absolute atomic E-state index is 0.0142. The number of carbonyl (C=O) groups excluding carboxylic acids is 1. The molecule has 0 aliphatic rings. The summed E-state index contributed by atoms with van der Waals surface area (Å²) in [6, 6.07) is 22.1. The molecule has 0 unspecified atom stereocenters. The average molecular weight is 561 g/mol. The molecule has 0 aliphatic heterocycles. The van der Waals surface area contributed by atoms with Gasteiger partial charge in [-0.2, -0.15) is 4.89 Å². The second-order valence-electron chi connectivity index (χ2n) is 9.67. The molecule has 0 radical (unpaired) electrons. The van der Waals surface area contributed by atoms with Crippen LogP contribution in [0.5, 0.6) is 23.0 Å². The third kappa shape index (κ3) is 7.00. The van der Waals surface area contributed by atoms with Crippen molar-refractivity contribution in [3.63, 3.8) is 0 Å². The van der Waals surface area contributed by atoms with E-state index in [1.54, 1.807) is 42.5 Å². The van der Waals surface area contributed by atoms with Crippen molar-refractivity contribution >= 4 is 11.9 Å². The fraction of sp³-hybridized carbons (Fsp3) is 0.161. The molecule has 0 bridgehead atoms. The predicted octanol–water partition coefficient (Wildman–Crippen LogP) is 5.84. The topological polar surface area (TPSA) is 152 Å². The van der Waals surface area contributed by atoms with Crippen LogP contribution in [0.15, 0.2) is 84.9 Å². The van der Waals surface area contributed by atoms with E-state index in [-0.39, 0.29) is 41.6 Å². The van der Waals surface area contributed by atoms with Crippen molar-refractivity contribution in [3.8, 4) is 23.0 Å². The van der Waals surface area contributed by atoms with Crippen molar-refractivity contribution in [2.45, 2.75) is 32.5 Å². The van der Waals surface area contributed by atoms with Gasteiger partial charge in [0.2, 0.25) is 0 Å². The lowest BCUT2D eigenvalue weighted by Gasteiger charge is -2.26. The van der Waals surface area contributed by atoms with Crippen molar-refractivity contribution in [3.05, 3.63) is 118 Å². The van der Waals surface area contributed by atoms with E-state index in [0.29, 0.717) is 16.9 Å². The van der Waals surface area contributed by atoms with Gasteiger partial charge in [-0.1, -0.05) is 44.2 Å². The Morgan fingerprint density at radius 3 is 1.90 bits per heavy atom. The number of hydrogen-bond donors (Lipinski definition) is 4. The van der Waals surface area contributed by atoms with Gasteiger partial charge in [0.15, 0.2) is 5.75 Å². The zero-order chi connectivity index (χ0) is 29.6. The molecule has 0 saturated heterocycles. The minimum atomic E-state index is -1.31. The van der Waals surface area contributed by atoms with Crippen LogP contribution < -0.4 is 9.62 Å². The third-order valence-corrected chi connectivity index (χ3v) is 6.60. The highest BCUT2D eigenvalue weighted by Crippen LogP contribution is 2.34. The number of phenols is 2. The van der Waals surface area contributed by atoms with E-state index >= 15 is 0 Å². The van der Waals surface area contributed by atoms with Crippen molar-refractivity contribution in [2.24, 2.45) is 0 Å². The lowest BCUT2D eigenvalue weighted by molar-refractivity contribution is -0.253. The maximum atomic E-state index is 12.6. The van der Waals surface area contributed by atoms with E-state index in [1.165, 1.54) is 18.2 Å². The monoisotopic (exact) mass is 560 g/mol. The number of carbonyl (C=O) groups is 2. The van der Waals surface area contributed by atoms with Crippen LogP contribution in [0, 0.1) is 0 Å². The first-order valence-electron chi connectivity index (χ1n) is 12.4. The van der Waals surface area contributed by atoms with E-state index in [4.69, 9.17) is 19.8 Å². The summed E-state index contributed by atoms with van der Waals surface area (Å²) in [5.41, 5.74) is 2.15. The zero-order valence-electron chi connectivity index (χ0n) is 22.2. The number of phenolic OH excluding ortho intramolecular Hbond substituents is 2. The van der Waals surface area contributed by atoms with Crippen LogP contribution in [-0.2, 0) is 28.4 Å². The normalized spacial score (nSPS) is 11.2. The first kappa shape index (κ1) is 29.1. The second kappa shape index (κ2) is 12.5. The number of carboxylic acid groups (broad SMARTS) is 1. The predicted molar refractivity (Wildman–Crippen MR) is 146 cm³/mol. The fourth-order valence-electron chi connectivity index (χ4n) is 4.20. The van der Waals surface area contributed by atoms with E-state index in [9.17, 15) is 24.9 Å². The summed E-state index contributed by atoms with van der Waals surface area (Å²) >= 11 is 0. The molecule has 0 heterocycles. The Morgan fingerprint density at radius 2 is 1.29 bits per heavy atom. The average Bonchev–Trinajstić information content (AvgIpc) is 2.95. The Balaban J connectivity index is 1.39. The van der Waals surface area contributed by atoms with Gasteiger partial charge in [0.25, 0.3) is 0 Å². The quantitative estimate of drug-likeness (QED) is 0.0762. The Hall–Kier alpha value is -4.90. The lowest BCUT2D eigenvalue weighted by Crippen LogP contribution is -2.19. The molecule has 4 rings (SSSR count). The number of esters is 1. The number of hydrogen-bond acceptors (Lipinski definition) is 9. The highest BCUT2D eigenvalue weighted by Gasteiger charge is 2.24. The molecule has 10 heteroatoms. The van der Waals surface area contributed by atoms with E-state index in [2.05, 4.69) is 4.89 Å². The van der Waals surface area contributed by atoms with Gasteiger partial charge in [0.1, 0.15) is 30.5 Å². The van der Waals surface area contributed by atoms with E-state index < -0.39 is 17.4 Å². The van der Waals surface area contributed by atoms with Crippen LogP contribution in [0.1, 0.15) is 56.8 Å². The molecular weight excluding hydrogens is 532 g/mol. The summed E-state index contributed by atoms with van der Waals surface area (Å²) in [7, 11) is 0. The van der Waals surface area contributed by atoms with Crippen LogP contribution in [0.2, 0.25) is 0 Å². The maximum absolute atomic E-state index is 12.6. The van der Waals surface area contributed by atoms with Crippen LogP contribution >= 0.6 is 0 Å². The molecule has 4 N–H and O–H groups in total. The number of benzene rings is 4. The van der Waals surface area contributed by atoms with Gasteiger partial charge in [-0.25, -0.2) is 14.5 Å². The molecular formula is C31H28O10. The first-order valence-corrected chi connectivity index (χ1v) is 12.4. The first-order chi connectivity index (χ1) is 19.6. The van der Waals surface area contributed by atoms with Crippen molar-refractivity contribution in [1.82, 2.24) is 0 Å². The molecule has 4 aromatic carbocycles. The second-order valence-corrected chi connectivity index (χ2v) is 9.67. The number of aromatic carboxylic acids is 1. The van der Waals surface area contributed by atoms with Crippen molar-refractivity contribution < 1.29 is 49.6 Å². The molecule has 0 fully saturated rings. The molecule has 0 aromatic heterocycles. The Kier molecular flexibility index (Phi) is 8.88. The van der Waals surface area contributed by atoms with Gasteiger partial charge >= 0.3 is 11.9 Å². The summed E-state index contributed by atoms with van der Waals surface area (Å²) in [5, 5.41) is 37.4. The summed E-state index contributed by atoms with van der Waals surface area (Å²) in [6.07, 6.45) is 0. The summed E-state index contributed by atoms with van der Waals surface area (Å²) < 4.78 is 5.36. The largest absolute Gasteiger partial charge is 0.508 e. The Morgan fingerprint density at radius 1 is 0.707 bits per heavy atom. The zero-order valence-corrected chi connectivity index (χ0v) is 22.2. The molecule has 41 heavy (non-hydrogen) atoms. The fourth-order valence-corrected chi connectivity index (χ4v) is 4.20. The number of rotatable bonds is 11. The molecule has 0 amide bonds. The number of ether oxygens (including phenoxy) is 1. The standard InChI is InChI=1S/C31H28O10/c1-31(2,21-4-10-25(11-5-21)40-30(36)28-16-24(33)9-14-27(28)29(34)35)22-6-12-26(13-7-22)41-39-18-20-15-23(32)8-3-19(20)17-38-37/h3-16,32-33,37H,17-18H2,1-2H3,(H,34,35). The highest BCUT2D eigenvalue weighted by molar-refractivity contribution is 6.03. The van der Waals surface area contributed by atoms with Crippen LogP contribution in [-0.4, -0.2) is 32.5 Å². The van der Waals surface area contributed by atoms with Crippen LogP contribution in [0.25, 0.3) is 0 Å². The van der Waals surface area contributed by atoms with Crippen molar-refractivity contribution in [2.75, 3.05) is 0 Å². The van der Waals surface area contributed by atoms with E-state index in [0.717, 1.165) is 23.3 Å². The number of aromatic hydroxyl groups is 2. The summed E-state index contributed by atoms with van der Waals surface area (Å²) in [5.74, 6) is -1.73. The molecule has 212 valence electrons. The Labute approximate surface area is 235 Å². The van der Waals surface area contributed by atoms with Gasteiger partial charge in [-0.05, 0) is 76.9 Å². The van der Waals surface area contributed by atoms with Crippen LogP contribution in [0.3, 0.4) is 0 Å². The van der Waals surface area contributed by atoms with E-state index in [1.807, 2.05) is 26.0 Å². The molecule has 0 atom stereocenters. The van der Waals surface area contributed by atoms with Gasteiger partial charge in [-0.3, -0.25) is 5.26 Å². The number of carboxylic acids is 1. The van der Waals surface area contributed by atoms with Gasteiger partial charge < -0.3 is 24.9 Å². The smallest absolute Gasteiger partial charge is 0.344 e. The van der Waals surface area contributed by atoms with Crippen molar-refractivity contribution in [1.29, 1.82) is 0 Å². The maximum Gasteiger partial charge on any atom is 0.344 e. The van der Waals surface area contributed by atoms with Gasteiger partial charge in [0, 0.05) is 5.41 Å². The van der Waals surface area contributed by atoms with Gasteiger partial charge in [0.05, 0.1) is 11.1 Å². The minimum Gasteiger partial charge on any atom is -0.508 e. The summed E-state index contributed by atoms with van der Waals surface area (Å²) in [4.78, 5) is 38.9. The van der Waals surface area contributed by atoms with Gasteiger partial charge in [-0.15, -0.1) is 0 Å². The third-order valence-electron chi connectivity index (χ3n) is 6.60. The SMILES string of the molecule is CC(C)(c1ccc(OOCc2cc(O)ccc2COO)cc1)c1ccc(OC(=O)c2cc(O)ccc2C(=O)O)cc1. The lowest BCUT2D eigenvalue weighted by atomic mass is 9.78. The molecule has 4 aromatic rings.